The van der Waals surface area contributed by atoms with Crippen molar-refractivity contribution in [2.45, 2.75) is 71.6 Å². The van der Waals surface area contributed by atoms with Crippen molar-refractivity contribution in [2.75, 3.05) is 13.2 Å². The van der Waals surface area contributed by atoms with Crippen LogP contribution >= 0.6 is 0 Å². The summed E-state index contributed by atoms with van der Waals surface area (Å²) in [5.41, 5.74) is 2.41. The van der Waals surface area contributed by atoms with Crippen molar-refractivity contribution in [2.24, 2.45) is 0 Å². The van der Waals surface area contributed by atoms with E-state index < -0.39 is 23.3 Å². The van der Waals surface area contributed by atoms with Crippen LogP contribution in [0.2, 0.25) is 0 Å². The molecule has 10 heteroatoms. The van der Waals surface area contributed by atoms with Gasteiger partial charge in [0.05, 0.1) is 35.6 Å². The number of esters is 1. The van der Waals surface area contributed by atoms with E-state index in [1.807, 2.05) is 32.0 Å². The predicted octanol–water partition coefficient (Wildman–Crippen LogP) is 2.90. The number of nitrogens with zero attached hydrogens (tertiary/aromatic N) is 2. The Hall–Kier alpha value is -4.05. The molecule has 0 saturated heterocycles. The SMILES string of the molecule is CCCC(=O)C(=O)NCCCOc1ccc2nc3c(c(CC)c2c1)Cn1c-3cc2c(c1=O)COC(=O)[C@]2(O)CC. The van der Waals surface area contributed by atoms with E-state index in [0.717, 1.165) is 22.0 Å². The number of cyclic esters (lactones) is 1. The summed E-state index contributed by atoms with van der Waals surface area (Å²) in [6.45, 7) is 6.46. The number of aliphatic hydroxyl groups is 1. The molecule has 1 amide bonds. The third-order valence-electron chi connectivity index (χ3n) is 7.74. The summed E-state index contributed by atoms with van der Waals surface area (Å²) in [7, 11) is 0. The van der Waals surface area contributed by atoms with Gasteiger partial charge in [-0.15, -0.1) is 0 Å². The number of carbonyl (C=O) groups excluding carboxylic acids is 3. The highest BCUT2D eigenvalue weighted by molar-refractivity contribution is 6.36. The Bertz CT molecular complexity index is 1590. The van der Waals surface area contributed by atoms with Crippen LogP contribution in [0.5, 0.6) is 5.75 Å². The van der Waals surface area contributed by atoms with Crippen LogP contribution in [0.15, 0.2) is 29.1 Å². The van der Waals surface area contributed by atoms with Crippen LogP contribution in [0.1, 0.15) is 68.7 Å². The highest BCUT2D eigenvalue weighted by Crippen LogP contribution is 2.40. The first kappa shape index (κ1) is 27.5. The zero-order valence-corrected chi connectivity index (χ0v) is 23.0. The number of nitrogens with one attached hydrogen (secondary N) is 1. The maximum atomic E-state index is 13.5. The van der Waals surface area contributed by atoms with Crippen molar-refractivity contribution in [3.8, 4) is 17.1 Å². The molecule has 3 aromatic rings. The molecule has 0 fully saturated rings. The van der Waals surface area contributed by atoms with Crippen molar-refractivity contribution < 1.29 is 29.0 Å². The molecule has 4 heterocycles. The van der Waals surface area contributed by atoms with Crippen molar-refractivity contribution in [3.05, 3.63) is 56.9 Å². The van der Waals surface area contributed by atoms with Crippen molar-refractivity contribution in [3.63, 3.8) is 0 Å². The standard InChI is InChI=1S/C30H33N3O7/c1-4-8-25(34)27(35)31-11-7-12-39-17-9-10-23-19(13-17)18(5-2)20-15-33-24(26(20)32-23)14-22-21(28(33)36)16-40-29(37)30(22,38)6-3/h9-10,13-14,38H,4-8,11-12,15-16H2,1-3H3,(H,31,35)/t30-/m0/s1. The number of aryl methyl sites for hydroxylation is 1. The Labute approximate surface area is 231 Å². The van der Waals surface area contributed by atoms with E-state index in [0.29, 0.717) is 67.2 Å². The van der Waals surface area contributed by atoms with Gasteiger partial charge in [-0.1, -0.05) is 20.8 Å². The molecular formula is C30H33N3O7. The lowest BCUT2D eigenvalue weighted by molar-refractivity contribution is -0.172. The van der Waals surface area contributed by atoms with Crippen molar-refractivity contribution in [1.29, 1.82) is 0 Å². The molecule has 2 aliphatic rings. The Morgan fingerprint density at radius 1 is 1.18 bits per heavy atom. The third kappa shape index (κ3) is 4.56. The molecule has 10 nitrogen and oxygen atoms in total. The normalized spacial score (nSPS) is 17.1. The smallest absolute Gasteiger partial charge is 0.343 e. The van der Waals surface area contributed by atoms with Crippen molar-refractivity contribution >= 4 is 28.6 Å². The maximum Gasteiger partial charge on any atom is 0.343 e. The van der Waals surface area contributed by atoms with Gasteiger partial charge in [-0.3, -0.25) is 14.4 Å². The first-order valence-electron chi connectivity index (χ1n) is 13.8. The number of hydrogen-bond acceptors (Lipinski definition) is 8. The van der Waals surface area contributed by atoms with Gasteiger partial charge in [0.25, 0.3) is 11.5 Å². The summed E-state index contributed by atoms with van der Waals surface area (Å²) in [6.07, 6.45) is 2.22. The van der Waals surface area contributed by atoms with Crippen LogP contribution in [-0.4, -0.2) is 45.5 Å². The molecule has 0 radical (unpaired) electrons. The molecule has 2 aromatic heterocycles. The third-order valence-corrected chi connectivity index (χ3v) is 7.74. The number of Topliss-reactive ketones (excluding diaryl/α,β-unsaturated/α-hetero) is 1. The van der Waals surface area contributed by atoms with E-state index in [4.69, 9.17) is 14.5 Å². The van der Waals surface area contributed by atoms with Crippen molar-refractivity contribution in [1.82, 2.24) is 14.9 Å². The molecule has 210 valence electrons. The van der Waals surface area contributed by atoms with E-state index in [-0.39, 0.29) is 25.0 Å². The average Bonchev–Trinajstić information content (AvgIpc) is 3.32. The molecule has 0 spiro atoms. The lowest BCUT2D eigenvalue weighted by Gasteiger charge is -2.31. The Balaban J connectivity index is 1.41. The van der Waals surface area contributed by atoms with E-state index in [2.05, 4.69) is 5.32 Å². The molecular weight excluding hydrogens is 514 g/mol. The fraction of sp³-hybridized carbons (Fsp3) is 0.433. The summed E-state index contributed by atoms with van der Waals surface area (Å²) in [5, 5.41) is 14.6. The minimum Gasteiger partial charge on any atom is -0.494 e. The molecule has 0 bridgehead atoms. The molecule has 40 heavy (non-hydrogen) atoms. The fourth-order valence-corrected chi connectivity index (χ4v) is 5.54. The number of ketones is 1. The largest absolute Gasteiger partial charge is 0.494 e. The number of carbonyl (C=O) groups is 3. The molecule has 2 aliphatic heterocycles. The second kappa shape index (κ2) is 10.8. The molecule has 2 N–H and O–H groups in total. The summed E-state index contributed by atoms with van der Waals surface area (Å²) in [5.74, 6) is -1.05. The summed E-state index contributed by atoms with van der Waals surface area (Å²) in [4.78, 5) is 54.2. The second-order valence-corrected chi connectivity index (χ2v) is 10.2. The topological polar surface area (TPSA) is 137 Å². The van der Waals surface area contributed by atoms with Crippen LogP contribution in [0.3, 0.4) is 0 Å². The molecule has 1 aromatic carbocycles. The monoisotopic (exact) mass is 547 g/mol. The number of fused-ring (bicyclic) bond motifs is 5. The molecule has 0 saturated carbocycles. The van der Waals surface area contributed by atoms with E-state index in [1.165, 1.54) is 0 Å². The average molecular weight is 548 g/mol. The second-order valence-electron chi connectivity index (χ2n) is 10.2. The Morgan fingerprint density at radius 2 is 1.98 bits per heavy atom. The number of amides is 1. The van der Waals surface area contributed by atoms with E-state index in [1.54, 1.807) is 17.6 Å². The lowest BCUT2D eigenvalue weighted by atomic mass is 9.86. The molecule has 0 unspecified atom stereocenters. The van der Waals surface area contributed by atoms with Gasteiger partial charge in [0.2, 0.25) is 5.78 Å². The van der Waals surface area contributed by atoms with Crippen LogP contribution < -0.4 is 15.6 Å². The summed E-state index contributed by atoms with van der Waals surface area (Å²) in [6, 6.07) is 7.35. The van der Waals surface area contributed by atoms with Crippen LogP contribution in [0.4, 0.5) is 0 Å². The van der Waals surface area contributed by atoms with Gasteiger partial charge < -0.3 is 24.5 Å². The number of pyridine rings is 2. The quantitative estimate of drug-likeness (QED) is 0.176. The first-order chi connectivity index (χ1) is 19.2. The Kier molecular flexibility index (Phi) is 7.46. The maximum absolute atomic E-state index is 13.5. The highest BCUT2D eigenvalue weighted by Gasteiger charge is 2.45. The minimum absolute atomic E-state index is 0.0894. The van der Waals surface area contributed by atoms with Gasteiger partial charge in [0.1, 0.15) is 12.4 Å². The summed E-state index contributed by atoms with van der Waals surface area (Å²) < 4.78 is 12.7. The zero-order chi connectivity index (χ0) is 28.6. The minimum atomic E-state index is -1.87. The van der Waals surface area contributed by atoms with Gasteiger partial charge in [-0.25, -0.2) is 9.78 Å². The van der Waals surface area contributed by atoms with Gasteiger partial charge in [0, 0.05) is 29.5 Å². The molecule has 1 atom stereocenters. The number of aromatic nitrogens is 2. The number of hydrogen-bond donors (Lipinski definition) is 2. The van der Waals surface area contributed by atoms with Gasteiger partial charge in [-0.2, -0.15) is 0 Å². The molecule has 5 rings (SSSR count). The van der Waals surface area contributed by atoms with E-state index >= 15 is 0 Å². The van der Waals surface area contributed by atoms with Crippen LogP contribution in [0, 0.1) is 0 Å². The van der Waals surface area contributed by atoms with Crippen LogP contribution in [-0.2, 0) is 44.3 Å². The number of benzene rings is 1. The number of ether oxygens (including phenoxy) is 2. The molecule has 0 aliphatic carbocycles. The summed E-state index contributed by atoms with van der Waals surface area (Å²) >= 11 is 0. The Morgan fingerprint density at radius 3 is 2.70 bits per heavy atom. The van der Waals surface area contributed by atoms with Crippen LogP contribution in [0.25, 0.3) is 22.3 Å². The van der Waals surface area contributed by atoms with Gasteiger partial charge in [0.15, 0.2) is 5.60 Å². The fourth-order valence-electron chi connectivity index (χ4n) is 5.54. The zero-order valence-electron chi connectivity index (χ0n) is 23.0. The predicted molar refractivity (Wildman–Crippen MR) is 147 cm³/mol. The van der Waals surface area contributed by atoms with E-state index in [9.17, 15) is 24.3 Å². The lowest BCUT2D eigenvalue weighted by Crippen LogP contribution is -2.44. The van der Waals surface area contributed by atoms with Gasteiger partial charge >= 0.3 is 5.97 Å². The highest BCUT2D eigenvalue weighted by atomic mass is 16.6. The van der Waals surface area contributed by atoms with Gasteiger partial charge in [-0.05, 0) is 55.5 Å². The first-order valence-corrected chi connectivity index (χ1v) is 13.8. The number of rotatable bonds is 10.